The van der Waals surface area contributed by atoms with E-state index >= 15 is 0 Å². The maximum Gasteiger partial charge on any atom is 0.327 e. The standard InChI is InChI=1S/C10H10N2O4S/c13-8-6(2-1-3-11-8)9(14)12-5-17-4-7(12)10(15)16/h1-3,7H,4-5H2,(H,11,13)(H,15,16)/t7-/m0/s1. The van der Waals surface area contributed by atoms with E-state index in [0.29, 0.717) is 11.6 Å². The first-order valence-electron chi connectivity index (χ1n) is 4.90. The molecule has 1 aliphatic heterocycles. The van der Waals surface area contributed by atoms with Crippen molar-refractivity contribution in [2.45, 2.75) is 6.04 Å². The van der Waals surface area contributed by atoms with Crippen molar-refractivity contribution >= 4 is 23.6 Å². The van der Waals surface area contributed by atoms with Gasteiger partial charge < -0.3 is 15.0 Å². The molecule has 0 aliphatic carbocycles. The number of hydrogen-bond acceptors (Lipinski definition) is 4. The van der Waals surface area contributed by atoms with Gasteiger partial charge in [-0.15, -0.1) is 11.8 Å². The van der Waals surface area contributed by atoms with Gasteiger partial charge in [0.05, 0.1) is 5.88 Å². The second-order valence-electron chi connectivity index (χ2n) is 3.54. The summed E-state index contributed by atoms with van der Waals surface area (Å²) in [4.78, 5) is 38.0. The summed E-state index contributed by atoms with van der Waals surface area (Å²) in [7, 11) is 0. The molecule has 1 aromatic rings. The van der Waals surface area contributed by atoms with Crippen LogP contribution < -0.4 is 5.56 Å². The van der Waals surface area contributed by atoms with E-state index in [1.54, 1.807) is 0 Å². The van der Waals surface area contributed by atoms with Gasteiger partial charge in [0.2, 0.25) is 0 Å². The lowest BCUT2D eigenvalue weighted by atomic mass is 10.2. The predicted octanol–water partition coefficient (Wildman–Crippen LogP) is -0.0254. The molecule has 0 unspecified atom stereocenters. The van der Waals surface area contributed by atoms with Crippen LogP contribution >= 0.6 is 11.8 Å². The van der Waals surface area contributed by atoms with E-state index in [1.807, 2.05) is 0 Å². The van der Waals surface area contributed by atoms with Gasteiger partial charge >= 0.3 is 5.97 Å². The summed E-state index contributed by atoms with van der Waals surface area (Å²) in [5, 5.41) is 8.96. The van der Waals surface area contributed by atoms with Gasteiger partial charge in [-0.1, -0.05) is 0 Å². The first-order valence-corrected chi connectivity index (χ1v) is 6.06. The lowest BCUT2D eigenvalue weighted by Crippen LogP contribution is -2.43. The molecular weight excluding hydrogens is 244 g/mol. The number of aliphatic carboxylic acids is 1. The lowest BCUT2D eigenvalue weighted by molar-refractivity contribution is -0.140. The molecule has 17 heavy (non-hydrogen) atoms. The zero-order valence-corrected chi connectivity index (χ0v) is 9.57. The van der Waals surface area contributed by atoms with Gasteiger partial charge in [-0.25, -0.2) is 4.79 Å². The molecular formula is C10H10N2O4S. The number of nitrogens with zero attached hydrogens (tertiary/aromatic N) is 1. The number of H-pyrrole nitrogens is 1. The summed E-state index contributed by atoms with van der Waals surface area (Å²) < 4.78 is 0. The largest absolute Gasteiger partial charge is 0.480 e. The molecule has 1 saturated heterocycles. The first-order chi connectivity index (χ1) is 8.11. The summed E-state index contributed by atoms with van der Waals surface area (Å²) in [5.74, 6) is -0.935. The van der Waals surface area contributed by atoms with Crippen LogP contribution in [0, 0.1) is 0 Å². The van der Waals surface area contributed by atoms with Crippen molar-refractivity contribution in [3.63, 3.8) is 0 Å². The monoisotopic (exact) mass is 254 g/mol. The van der Waals surface area contributed by atoms with Gasteiger partial charge in [0.25, 0.3) is 11.5 Å². The summed E-state index contributed by atoms with van der Waals surface area (Å²) in [5.41, 5.74) is -0.528. The highest BCUT2D eigenvalue weighted by Gasteiger charge is 2.35. The van der Waals surface area contributed by atoms with Gasteiger partial charge in [-0.2, -0.15) is 0 Å². The Morgan fingerprint density at radius 2 is 2.29 bits per heavy atom. The third kappa shape index (κ3) is 2.19. The van der Waals surface area contributed by atoms with Crippen molar-refractivity contribution < 1.29 is 14.7 Å². The number of carboxylic acid groups (broad SMARTS) is 1. The van der Waals surface area contributed by atoms with E-state index in [4.69, 9.17) is 5.11 Å². The summed E-state index contributed by atoms with van der Waals surface area (Å²) >= 11 is 1.36. The van der Waals surface area contributed by atoms with Crippen LogP contribution in [0.2, 0.25) is 0 Å². The van der Waals surface area contributed by atoms with Crippen molar-refractivity contribution in [3.8, 4) is 0 Å². The molecule has 0 spiro atoms. The molecule has 0 bridgehead atoms. The second kappa shape index (κ2) is 4.62. The van der Waals surface area contributed by atoms with Crippen LogP contribution in [0.15, 0.2) is 23.1 Å². The Morgan fingerprint density at radius 1 is 1.53 bits per heavy atom. The minimum Gasteiger partial charge on any atom is -0.480 e. The van der Waals surface area contributed by atoms with Crippen LogP contribution in [0.4, 0.5) is 0 Å². The maximum atomic E-state index is 12.0. The van der Waals surface area contributed by atoms with Crippen LogP contribution in [0.5, 0.6) is 0 Å². The highest BCUT2D eigenvalue weighted by molar-refractivity contribution is 7.99. The highest BCUT2D eigenvalue weighted by Crippen LogP contribution is 2.22. The molecule has 1 atom stereocenters. The highest BCUT2D eigenvalue weighted by atomic mass is 32.2. The van der Waals surface area contributed by atoms with Crippen molar-refractivity contribution in [1.82, 2.24) is 9.88 Å². The fraction of sp³-hybridized carbons (Fsp3) is 0.300. The average molecular weight is 254 g/mol. The molecule has 6 nitrogen and oxygen atoms in total. The second-order valence-corrected chi connectivity index (χ2v) is 4.54. The van der Waals surface area contributed by atoms with Crippen LogP contribution in [0.3, 0.4) is 0 Å². The third-order valence-corrected chi connectivity index (χ3v) is 3.49. The minimum absolute atomic E-state index is 0.0266. The van der Waals surface area contributed by atoms with Gasteiger partial charge in [0, 0.05) is 11.9 Å². The Morgan fingerprint density at radius 3 is 2.94 bits per heavy atom. The molecule has 2 N–H and O–H groups in total. The van der Waals surface area contributed by atoms with Gasteiger partial charge in [-0.3, -0.25) is 9.59 Å². The molecule has 1 fully saturated rings. The number of aromatic amines is 1. The topological polar surface area (TPSA) is 90.5 Å². The summed E-state index contributed by atoms with van der Waals surface area (Å²) in [6.45, 7) is 0. The fourth-order valence-corrected chi connectivity index (χ4v) is 2.74. The predicted molar refractivity (Wildman–Crippen MR) is 62.0 cm³/mol. The Hall–Kier alpha value is -1.76. The lowest BCUT2D eigenvalue weighted by Gasteiger charge is -2.19. The number of nitrogens with one attached hydrogen (secondary N) is 1. The van der Waals surface area contributed by atoms with Crippen molar-refractivity contribution in [2.75, 3.05) is 11.6 Å². The van der Waals surface area contributed by atoms with E-state index in [0.717, 1.165) is 0 Å². The summed E-state index contributed by atoms with van der Waals surface area (Å²) in [6.07, 6.45) is 1.42. The molecule has 2 heterocycles. The minimum atomic E-state index is -1.05. The number of carboxylic acids is 1. The quantitative estimate of drug-likeness (QED) is 0.773. The van der Waals surface area contributed by atoms with Crippen molar-refractivity contribution in [3.05, 3.63) is 34.2 Å². The molecule has 7 heteroatoms. The van der Waals surface area contributed by atoms with E-state index in [-0.39, 0.29) is 5.56 Å². The Bertz CT molecular complexity index is 513. The van der Waals surface area contributed by atoms with E-state index in [2.05, 4.69) is 4.98 Å². The number of aromatic nitrogens is 1. The third-order valence-electron chi connectivity index (χ3n) is 2.48. The number of pyridine rings is 1. The summed E-state index contributed by atoms with van der Waals surface area (Å²) in [6, 6.07) is 2.07. The van der Waals surface area contributed by atoms with E-state index in [9.17, 15) is 14.4 Å². The smallest absolute Gasteiger partial charge is 0.327 e. The van der Waals surface area contributed by atoms with Crippen LogP contribution in [-0.4, -0.2) is 44.5 Å². The fourth-order valence-electron chi connectivity index (χ4n) is 1.59. The number of amides is 1. The van der Waals surface area contributed by atoms with Crippen molar-refractivity contribution in [1.29, 1.82) is 0 Å². The van der Waals surface area contributed by atoms with Crippen LogP contribution in [0.1, 0.15) is 10.4 Å². The molecule has 2 rings (SSSR count). The number of hydrogen-bond donors (Lipinski definition) is 2. The Balaban J connectivity index is 2.29. The van der Waals surface area contributed by atoms with Gasteiger partial charge in [0.1, 0.15) is 11.6 Å². The van der Waals surface area contributed by atoms with E-state index in [1.165, 1.54) is 35.0 Å². The molecule has 0 radical (unpaired) electrons. The zero-order valence-electron chi connectivity index (χ0n) is 8.75. The number of carbonyl (C=O) groups excluding carboxylic acids is 1. The molecule has 0 saturated carbocycles. The first kappa shape index (κ1) is 11.7. The average Bonchev–Trinajstić information content (AvgIpc) is 2.77. The SMILES string of the molecule is O=C(O)[C@@H]1CSCN1C(=O)c1ccc[nH]c1=O. The maximum absolute atomic E-state index is 12.0. The van der Waals surface area contributed by atoms with Gasteiger partial charge in [0.15, 0.2) is 0 Å². The zero-order chi connectivity index (χ0) is 12.4. The Labute approximate surface area is 101 Å². The molecule has 90 valence electrons. The van der Waals surface area contributed by atoms with Crippen LogP contribution in [0.25, 0.3) is 0 Å². The molecule has 1 aliphatic rings. The molecule has 1 amide bonds. The van der Waals surface area contributed by atoms with E-state index < -0.39 is 23.5 Å². The Kier molecular flexibility index (Phi) is 3.19. The normalized spacial score (nSPS) is 19.3. The number of rotatable bonds is 2. The van der Waals surface area contributed by atoms with Gasteiger partial charge in [-0.05, 0) is 12.1 Å². The molecule has 0 aromatic carbocycles. The number of carbonyl (C=O) groups is 2. The van der Waals surface area contributed by atoms with Crippen molar-refractivity contribution in [2.24, 2.45) is 0 Å². The molecule has 1 aromatic heterocycles. The number of thioether (sulfide) groups is 1. The van der Waals surface area contributed by atoms with Crippen LogP contribution in [-0.2, 0) is 4.79 Å².